The second-order valence-electron chi connectivity index (χ2n) is 4.08. The number of fused-ring (bicyclic) bond motifs is 2. The molecule has 0 fully saturated rings. The number of rotatable bonds is 0. The van der Waals surface area contributed by atoms with Crippen molar-refractivity contribution in [2.45, 2.75) is 0 Å². The lowest BCUT2D eigenvalue weighted by Crippen LogP contribution is -2.30. The first-order valence-corrected chi connectivity index (χ1v) is 5.45. The van der Waals surface area contributed by atoms with E-state index in [4.69, 9.17) is 0 Å². The summed E-state index contributed by atoms with van der Waals surface area (Å²) in [4.78, 5) is 0. The largest absolute Gasteiger partial charge is 0.124 e. The fourth-order valence-corrected chi connectivity index (χ4v) is 2.30. The monoisotopic (exact) mass is 204 g/mol. The van der Waals surface area contributed by atoms with Crippen molar-refractivity contribution in [3.05, 3.63) is 76.4 Å². The summed E-state index contributed by atoms with van der Waals surface area (Å²) in [5, 5.41) is 2.59. The number of hydrogen-bond donors (Lipinski definition) is 0. The van der Waals surface area contributed by atoms with Gasteiger partial charge in [-0.05, 0) is 16.0 Å². The van der Waals surface area contributed by atoms with E-state index in [1.165, 1.54) is 16.0 Å². The van der Waals surface area contributed by atoms with Gasteiger partial charge in [-0.25, -0.2) is 0 Å². The van der Waals surface area contributed by atoms with Gasteiger partial charge in [0.25, 0.3) is 0 Å². The molecule has 1 atom stereocenters. The molecule has 0 amide bonds. The minimum atomic E-state index is 0.331. The van der Waals surface area contributed by atoms with E-state index in [2.05, 4.69) is 67.0 Å². The first-order chi connectivity index (χ1) is 7.88. The number of hydrogen-bond acceptors (Lipinski definition) is 0. The van der Waals surface area contributed by atoms with E-state index in [1.807, 2.05) is 0 Å². The molecule has 0 nitrogen and oxygen atoms in total. The van der Waals surface area contributed by atoms with E-state index in [9.17, 15) is 0 Å². The Morgan fingerprint density at radius 2 is 1.94 bits per heavy atom. The molecule has 1 unspecified atom stereocenters. The van der Waals surface area contributed by atoms with Crippen LogP contribution in [0.1, 0.15) is 0 Å². The topological polar surface area (TPSA) is 0 Å². The predicted molar refractivity (Wildman–Crippen MR) is 68.0 cm³/mol. The third-order valence-electron chi connectivity index (χ3n) is 3.13. The van der Waals surface area contributed by atoms with Crippen LogP contribution < -0.4 is 10.4 Å². The maximum absolute atomic E-state index is 3.76. The maximum atomic E-state index is 3.76. The molecule has 16 heavy (non-hydrogen) atoms. The Morgan fingerprint density at radius 1 is 1.12 bits per heavy atom. The quantitative estimate of drug-likeness (QED) is 0.568. The highest BCUT2D eigenvalue weighted by molar-refractivity contribution is 5.65. The molecule has 0 N–H and O–H groups in total. The van der Waals surface area contributed by atoms with Gasteiger partial charge in [0, 0.05) is 11.5 Å². The highest BCUT2D eigenvalue weighted by atomic mass is 14.2. The smallest absolute Gasteiger partial charge is 0.0351 e. The summed E-state index contributed by atoms with van der Waals surface area (Å²) in [5.74, 6) is 0.331. The zero-order valence-corrected chi connectivity index (χ0v) is 8.98. The van der Waals surface area contributed by atoms with Crippen molar-refractivity contribution in [2.75, 3.05) is 0 Å². The minimum Gasteiger partial charge on any atom is -0.124 e. The molecule has 0 spiro atoms. The van der Waals surface area contributed by atoms with Crippen molar-refractivity contribution in [3.63, 3.8) is 0 Å². The van der Waals surface area contributed by atoms with Crippen LogP contribution in [0.2, 0.25) is 0 Å². The summed E-state index contributed by atoms with van der Waals surface area (Å²) in [6, 6.07) is 8.46. The van der Waals surface area contributed by atoms with E-state index < -0.39 is 0 Å². The normalized spacial score (nSPS) is 20.9. The summed E-state index contributed by atoms with van der Waals surface area (Å²) in [5.41, 5.74) is 5.50. The van der Waals surface area contributed by atoms with Crippen LogP contribution >= 0.6 is 0 Å². The van der Waals surface area contributed by atoms with E-state index >= 15 is 0 Å². The third kappa shape index (κ3) is 1.32. The Bertz CT molecular complexity index is 662. The van der Waals surface area contributed by atoms with Crippen LogP contribution in [0.5, 0.6) is 0 Å². The Kier molecular flexibility index (Phi) is 2.02. The van der Waals surface area contributed by atoms with Crippen molar-refractivity contribution in [1.82, 2.24) is 0 Å². The molecule has 0 saturated carbocycles. The zero-order chi connectivity index (χ0) is 11.0. The molecular weight excluding hydrogens is 192 g/mol. The van der Waals surface area contributed by atoms with Gasteiger partial charge in [0.15, 0.2) is 0 Å². The molecule has 1 aromatic rings. The molecule has 0 radical (unpaired) electrons. The van der Waals surface area contributed by atoms with Crippen LogP contribution in [-0.4, -0.2) is 0 Å². The number of allylic oxidation sites excluding steroid dienone is 5. The highest BCUT2D eigenvalue weighted by Crippen LogP contribution is 2.28. The van der Waals surface area contributed by atoms with Crippen LogP contribution in [0, 0.1) is 5.92 Å². The van der Waals surface area contributed by atoms with Gasteiger partial charge in [-0.1, -0.05) is 61.2 Å². The van der Waals surface area contributed by atoms with E-state index in [0.717, 1.165) is 5.57 Å². The van der Waals surface area contributed by atoms with E-state index in [1.54, 1.807) is 0 Å². The summed E-state index contributed by atoms with van der Waals surface area (Å²) < 4.78 is 0. The Balaban J connectivity index is 2.32. The molecule has 1 aromatic carbocycles. The Hall–Kier alpha value is -2.04. The lowest BCUT2D eigenvalue weighted by molar-refractivity contribution is 0.998. The zero-order valence-electron chi connectivity index (χ0n) is 8.98. The molecule has 0 bridgehead atoms. The maximum Gasteiger partial charge on any atom is 0.0351 e. The van der Waals surface area contributed by atoms with Crippen LogP contribution in [0.3, 0.4) is 0 Å². The second kappa shape index (κ2) is 3.52. The van der Waals surface area contributed by atoms with Crippen molar-refractivity contribution in [1.29, 1.82) is 0 Å². The van der Waals surface area contributed by atoms with Gasteiger partial charge < -0.3 is 0 Å². The van der Waals surface area contributed by atoms with Gasteiger partial charge in [-0.3, -0.25) is 0 Å². The molecule has 2 aliphatic rings. The SMILES string of the molecule is C=C=C1C=CC=C2C=c3ccccc3=CC12. The van der Waals surface area contributed by atoms with Gasteiger partial charge in [-0.15, -0.1) is 5.73 Å². The minimum absolute atomic E-state index is 0.331. The molecule has 0 heteroatoms. The summed E-state index contributed by atoms with van der Waals surface area (Å²) in [7, 11) is 0. The number of benzene rings is 1. The van der Waals surface area contributed by atoms with Gasteiger partial charge in [0.2, 0.25) is 0 Å². The van der Waals surface area contributed by atoms with Gasteiger partial charge >= 0.3 is 0 Å². The Labute approximate surface area is 94.9 Å². The molecule has 0 heterocycles. The molecular formula is C16H12. The third-order valence-corrected chi connectivity index (χ3v) is 3.13. The van der Waals surface area contributed by atoms with Crippen LogP contribution in [-0.2, 0) is 0 Å². The van der Waals surface area contributed by atoms with Crippen LogP contribution in [0.4, 0.5) is 0 Å². The Morgan fingerprint density at radius 3 is 2.75 bits per heavy atom. The van der Waals surface area contributed by atoms with Crippen molar-refractivity contribution >= 4 is 12.2 Å². The summed E-state index contributed by atoms with van der Waals surface area (Å²) in [6.45, 7) is 3.76. The van der Waals surface area contributed by atoms with Crippen LogP contribution in [0.15, 0.2) is 65.9 Å². The summed E-state index contributed by atoms with van der Waals surface area (Å²) >= 11 is 0. The standard InChI is InChI=1S/C16H12/c1-2-12-8-5-9-15-10-13-6-3-4-7-14(13)11-16(12)15/h3-11,16H,1H2. The fourth-order valence-electron chi connectivity index (χ4n) is 2.30. The van der Waals surface area contributed by atoms with E-state index in [-0.39, 0.29) is 0 Å². The average Bonchev–Trinajstić information content (AvgIpc) is 2.35. The first kappa shape index (κ1) is 9.21. The lowest BCUT2D eigenvalue weighted by Gasteiger charge is -2.20. The average molecular weight is 204 g/mol. The van der Waals surface area contributed by atoms with Crippen molar-refractivity contribution in [2.24, 2.45) is 5.92 Å². The fraction of sp³-hybridized carbons (Fsp3) is 0.0625. The lowest BCUT2D eigenvalue weighted by atomic mass is 9.83. The van der Waals surface area contributed by atoms with Gasteiger partial charge in [0.05, 0.1) is 0 Å². The second-order valence-corrected chi connectivity index (χ2v) is 4.08. The molecule has 0 aromatic heterocycles. The summed E-state index contributed by atoms with van der Waals surface area (Å²) in [6.07, 6.45) is 10.9. The molecule has 2 aliphatic carbocycles. The molecule has 0 saturated heterocycles. The first-order valence-electron chi connectivity index (χ1n) is 5.45. The van der Waals surface area contributed by atoms with Crippen molar-refractivity contribution in [3.8, 4) is 0 Å². The van der Waals surface area contributed by atoms with Crippen LogP contribution in [0.25, 0.3) is 12.2 Å². The van der Waals surface area contributed by atoms with E-state index in [0.29, 0.717) is 5.92 Å². The predicted octanol–water partition coefficient (Wildman–Crippen LogP) is 2.08. The molecule has 76 valence electrons. The highest BCUT2D eigenvalue weighted by Gasteiger charge is 2.17. The van der Waals surface area contributed by atoms with Gasteiger partial charge in [0.1, 0.15) is 0 Å². The molecule has 0 aliphatic heterocycles. The molecule has 3 rings (SSSR count). The van der Waals surface area contributed by atoms with Gasteiger partial charge in [-0.2, -0.15) is 0 Å². The van der Waals surface area contributed by atoms with Crippen molar-refractivity contribution < 1.29 is 0 Å².